The molecule has 0 amide bonds. The highest BCUT2D eigenvalue weighted by atomic mass is 31.1. The topological polar surface area (TPSA) is 17.1 Å². The molecule has 2 heteroatoms. The molecule has 0 saturated heterocycles. The van der Waals surface area contributed by atoms with Gasteiger partial charge in [0, 0.05) is 0 Å². The minimum atomic E-state index is -1.42. The fraction of sp³-hybridized carbons (Fsp3) is 0. The molecular formula is C15H14OP+. The summed E-state index contributed by atoms with van der Waals surface area (Å²) in [4.78, 5) is 0. The lowest BCUT2D eigenvalue weighted by Crippen LogP contribution is -2.04. The van der Waals surface area contributed by atoms with Crippen LogP contribution in [-0.4, -0.2) is 0 Å². The van der Waals surface area contributed by atoms with Crippen LogP contribution in [-0.2, 0) is 4.57 Å². The average molecular weight is 241 g/mol. The Hall–Kier alpha value is -1.94. The van der Waals surface area contributed by atoms with E-state index < -0.39 is 7.80 Å². The Kier molecular flexibility index (Phi) is 5.68. The van der Waals surface area contributed by atoms with Crippen LogP contribution in [0, 0.1) is 0 Å². The second-order valence-corrected chi connectivity index (χ2v) is 4.84. The van der Waals surface area contributed by atoms with Crippen LogP contribution in [0.2, 0.25) is 0 Å². The van der Waals surface area contributed by atoms with E-state index in [1.807, 2.05) is 60.7 Å². The number of rotatable bonds is 2. The number of hydrogen-bond acceptors (Lipinski definition) is 1. The van der Waals surface area contributed by atoms with E-state index in [4.69, 9.17) is 0 Å². The number of benzene rings is 2. The van der Waals surface area contributed by atoms with Gasteiger partial charge >= 0.3 is 7.80 Å². The minimum absolute atomic E-state index is 0.883. The Morgan fingerprint density at radius 3 is 1.35 bits per heavy atom. The van der Waals surface area contributed by atoms with Crippen LogP contribution in [0.1, 0.15) is 0 Å². The van der Waals surface area contributed by atoms with E-state index in [0.29, 0.717) is 0 Å². The summed E-state index contributed by atoms with van der Waals surface area (Å²) >= 11 is 0. The summed E-state index contributed by atoms with van der Waals surface area (Å²) in [6.45, 7) is 6.25. The van der Waals surface area contributed by atoms with Gasteiger partial charge in [-0.1, -0.05) is 54.1 Å². The molecule has 0 N–H and O–H groups in total. The molecule has 17 heavy (non-hydrogen) atoms. The normalized spacial score (nSPS) is 8.47. The SMILES string of the molecule is C=C=C.O=[P+](c1ccccc1)c1ccccc1. The molecular weight excluding hydrogens is 227 g/mol. The van der Waals surface area contributed by atoms with Crippen molar-refractivity contribution in [3.63, 3.8) is 0 Å². The van der Waals surface area contributed by atoms with E-state index in [-0.39, 0.29) is 0 Å². The standard InChI is InChI=1S/C12H10OP.C3H4/c13-14(11-7-3-1-4-8-11)12-9-5-2-6-10-12;1-3-2/h1-10H;1-2H2/q+1;. The van der Waals surface area contributed by atoms with Crippen molar-refractivity contribution in [2.45, 2.75) is 0 Å². The molecule has 0 fully saturated rings. The van der Waals surface area contributed by atoms with Crippen molar-refractivity contribution in [2.24, 2.45) is 0 Å². The molecule has 0 unspecified atom stereocenters. The van der Waals surface area contributed by atoms with Crippen molar-refractivity contribution in [1.82, 2.24) is 0 Å². The molecule has 0 aliphatic rings. The van der Waals surface area contributed by atoms with Gasteiger partial charge in [-0.3, -0.25) is 0 Å². The Morgan fingerprint density at radius 1 is 0.765 bits per heavy atom. The predicted molar refractivity (Wildman–Crippen MR) is 74.5 cm³/mol. The molecule has 2 rings (SSSR count). The maximum Gasteiger partial charge on any atom is 0.415 e. The summed E-state index contributed by atoms with van der Waals surface area (Å²) in [6, 6.07) is 19.1. The Morgan fingerprint density at radius 2 is 1.06 bits per heavy atom. The molecule has 1 nitrogen and oxygen atoms in total. The lowest BCUT2D eigenvalue weighted by molar-refractivity contribution is 0.598. The second kappa shape index (κ2) is 7.35. The van der Waals surface area contributed by atoms with Crippen LogP contribution in [0.3, 0.4) is 0 Å². The zero-order valence-corrected chi connectivity index (χ0v) is 10.4. The van der Waals surface area contributed by atoms with Gasteiger partial charge in [-0.05, 0) is 24.3 Å². The van der Waals surface area contributed by atoms with Gasteiger partial charge in [-0.25, -0.2) is 0 Å². The maximum absolute atomic E-state index is 12.0. The van der Waals surface area contributed by atoms with Crippen LogP contribution in [0.4, 0.5) is 0 Å². The van der Waals surface area contributed by atoms with Gasteiger partial charge in [-0.15, -0.1) is 5.73 Å². The zero-order valence-electron chi connectivity index (χ0n) is 9.54. The fourth-order valence-corrected chi connectivity index (χ4v) is 2.46. The molecule has 0 aliphatic heterocycles. The molecule has 0 aromatic heterocycles. The summed E-state index contributed by atoms with van der Waals surface area (Å²) in [5.41, 5.74) is 2.25. The van der Waals surface area contributed by atoms with Gasteiger partial charge in [0.1, 0.15) is 0 Å². The van der Waals surface area contributed by atoms with Crippen LogP contribution in [0.15, 0.2) is 79.6 Å². The van der Waals surface area contributed by atoms with Crippen molar-refractivity contribution in [3.05, 3.63) is 79.6 Å². The van der Waals surface area contributed by atoms with Crippen LogP contribution >= 0.6 is 7.80 Å². The lowest BCUT2D eigenvalue weighted by atomic mass is 10.4. The van der Waals surface area contributed by atoms with Crippen molar-refractivity contribution < 1.29 is 4.57 Å². The number of hydrogen-bond donors (Lipinski definition) is 0. The van der Waals surface area contributed by atoms with Gasteiger partial charge in [0.15, 0.2) is 10.6 Å². The molecule has 0 bridgehead atoms. The first kappa shape index (κ1) is 13.1. The molecule has 84 valence electrons. The van der Waals surface area contributed by atoms with Gasteiger partial charge in [0.2, 0.25) is 0 Å². The molecule has 2 aromatic carbocycles. The van der Waals surface area contributed by atoms with E-state index in [1.165, 1.54) is 0 Å². The van der Waals surface area contributed by atoms with Crippen LogP contribution < -0.4 is 10.6 Å². The first-order valence-electron chi connectivity index (χ1n) is 5.16. The van der Waals surface area contributed by atoms with Gasteiger partial charge in [0.05, 0.1) is 0 Å². The summed E-state index contributed by atoms with van der Waals surface area (Å²) in [7, 11) is -1.42. The zero-order chi connectivity index (χ0) is 12.5. The maximum atomic E-state index is 12.0. The van der Waals surface area contributed by atoms with Gasteiger partial charge in [-0.2, -0.15) is 0 Å². The third kappa shape index (κ3) is 4.20. The highest BCUT2D eigenvalue weighted by Gasteiger charge is 2.21. The summed E-state index contributed by atoms with van der Waals surface area (Å²) in [5.74, 6) is 0. The van der Waals surface area contributed by atoms with Crippen LogP contribution in [0.5, 0.6) is 0 Å². The molecule has 0 saturated carbocycles. The van der Waals surface area contributed by atoms with Crippen molar-refractivity contribution in [3.8, 4) is 0 Å². The predicted octanol–water partition coefficient (Wildman–Crippen LogP) is 3.42. The van der Waals surface area contributed by atoms with E-state index >= 15 is 0 Å². The molecule has 0 heterocycles. The quantitative estimate of drug-likeness (QED) is 0.581. The molecule has 2 aromatic rings. The van der Waals surface area contributed by atoms with E-state index in [9.17, 15) is 4.57 Å². The first-order chi connectivity index (χ1) is 8.29. The molecule has 0 aliphatic carbocycles. The van der Waals surface area contributed by atoms with E-state index in [0.717, 1.165) is 10.6 Å². The third-order valence-corrected chi connectivity index (χ3v) is 3.52. The lowest BCUT2D eigenvalue weighted by Gasteiger charge is -1.87. The summed E-state index contributed by atoms with van der Waals surface area (Å²) < 4.78 is 12.0. The fourth-order valence-electron chi connectivity index (χ4n) is 1.28. The molecule has 0 spiro atoms. The molecule has 0 atom stereocenters. The smallest absolute Gasteiger partial charge is 0.137 e. The Labute approximate surface area is 103 Å². The van der Waals surface area contributed by atoms with Crippen LogP contribution in [0.25, 0.3) is 0 Å². The summed E-state index contributed by atoms with van der Waals surface area (Å²) in [6.07, 6.45) is 0. The van der Waals surface area contributed by atoms with Gasteiger partial charge in [0.25, 0.3) is 0 Å². The Balaban J connectivity index is 0.000000437. The molecule has 0 radical (unpaired) electrons. The first-order valence-corrected chi connectivity index (χ1v) is 6.42. The van der Waals surface area contributed by atoms with Crippen molar-refractivity contribution in [2.75, 3.05) is 0 Å². The second-order valence-electron chi connectivity index (χ2n) is 3.22. The van der Waals surface area contributed by atoms with Crippen molar-refractivity contribution in [1.29, 1.82) is 0 Å². The highest BCUT2D eigenvalue weighted by Crippen LogP contribution is 2.18. The minimum Gasteiger partial charge on any atom is -0.137 e. The highest BCUT2D eigenvalue weighted by molar-refractivity contribution is 7.61. The van der Waals surface area contributed by atoms with E-state index in [2.05, 4.69) is 18.9 Å². The largest absolute Gasteiger partial charge is 0.415 e. The third-order valence-electron chi connectivity index (χ3n) is 1.98. The van der Waals surface area contributed by atoms with Crippen molar-refractivity contribution >= 4 is 18.4 Å². The summed E-state index contributed by atoms with van der Waals surface area (Å²) in [5, 5.41) is 1.77. The van der Waals surface area contributed by atoms with E-state index in [1.54, 1.807) is 0 Å². The average Bonchev–Trinajstić information content (AvgIpc) is 2.41. The monoisotopic (exact) mass is 241 g/mol. The Bertz CT molecular complexity index is 455. The van der Waals surface area contributed by atoms with Gasteiger partial charge < -0.3 is 0 Å².